The summed E-state index contributed by atoms with van der Waals surface area (Å²) in [7, 11) is 0. The summed E-state index contributed by atoms with van der Waals surface area (Å²) < 4.78 is 1.12. The van der Waals surface area contributed by atoms with Gasteiger partial charge in [0.25, 0.3) is 0 Å². The van der Waals surface area contributed by atoms with Crippen LogP contribution in [0.4, 0.5) is 17.1 Å². The molecule has 0 radical (unpaired) electrons. The maximum absolute atomic E-state index is 3.82. The molecule has 186 valence electrons. The molecule has 4 rings (SSSR count). The van der Waals surface area contributed by atoms with Crippen molar-refractivity contribution in [1.29, 1.82) is 0 Å². The van der Waals surface area contributed by atoms with Crippen molar-refractivity contribution in [2.24, 2.45) is 0 Å². The fraction of sp³-hybridized carbons (Fsp3) is 0.455. The highest BCUT2D eigenvalue weighted by atomic mass is 79.9. The van der Waals surface area contributed by atoms with Crippen LogP contribution in [0.1, 0.15) is 104 Å². The van der Waals surface area contributed by atoms with Crippen LogP contribution in [0.25, 0.3) is 0 Å². The topological polar surface area (TPSA) is 3.24 Å². The van der Waals surface area contributed by atoms with Crippen molar-refractivity contribution in [1.82, 2.24) is 0 Å². The predicted octanol–water partition coefficient (Wildman–Crippen LogP) is 10.5. The van der Waals surface area contributed by atoms with Crippen molar-refractivity contribution in [3.63, 3.8) is 0 Å². The highest BCUT2D eigenvalue weighted by Crippen LogP contribution is 2.53. The van der Waals surface area contributed by atoms with Gasteiger partial charge in [0.1, 0.15) is 0 Å². The Morgan fingerprint density at radius 1 is 0.571 bits per heavy atom. The number of fused-ring (bicyclic) bond motifs is 2. The molecule has 1 aliphatic heterocycles. The molecule has 2 heteroatoms. The molecule has 0 amide bonds. The van der Waals surface area contributed by atoms with Crippen LogP contribution >= 0.6 is 15.9 Å². The van der Waals surface area contributed by atoms with Gasteiger partial charge in [0.2, 0.25) is 0 Å². The smallest absolute Gasteiger partial charge is 0.0502 e. The Kier molecular flexibility index (Phi) is 6.12. The minimum atomic E-state index is -0.109. The van der Waals surface area contributed by atoms with Crippen LogP contribution in [0, 0.1) is 0 Å². The molecular weight excluding hydrogens is 490 g/mol. The number of hydrogen-bond acceptors (Lipinski definition) is 1. The Morgan fingerprint density at radius 3 is 1.40 bits per heavy atom. The third-order valence-corrected chi connectivity index (χ3v) is 8.02. The Hall–Kier alpha value is -2.06. The van der Waals surface area contributed by atoms with Gasteiger partial charge in [-0.05, 0) is 74.4 Å². The molecule has 0 saturated heterocycles. The van der Waals surface area contributed by atoms with E-state index in [0.717, 1.165) is 4.47 Å². The van der Waals surface area contributed by atoms with Crippen molar-refractivity contribution >= 4 is 33.0 Å². The molecule has 3 aromatic carbocycles. The number of benzene rings is 3. The Balaban J connectivity index is 2.07. The standard InChI is InChI=1S/C33H42BrN/c1-30(2,3)21-12-14-28-26(18-21)33(10,11)27-19-22(31(4,5)6)13-15-29(27)35(28)25-17-23(32(7,8)9)16-24(34)20-25/h12-20H,1-11H3. The second-order valence-electron chi connectivity index (χ2n) is 13.9. The van der Waals surface area contributed by atoms with E-state index < -0.39 is 0 Å². The number of halogens is 1. The Labute approximate surface area is 222 Å². The van der Waals surface area contributed by atoms with Crippen LogP contribution in [-0.2, 0) is 21.7 Å². The normalized spacial score (nSPS) is 15.6. The van der Waals surface area contributed by atoms with Gasteiger partial charge < -0.3 is 4.90 Å². The van der Waals surface area contributed by atoms with Gasteiger partial charge in [-0.15, -0.1) is 0 Å². The highest BCUT2D eigenvalue weighted by molar-refractivity contribution is 9.10. The van der Waals surface area contributed by atoms with Crippen molar-refractivity contribution in [2.75, 3.05) is 4.90 Å². The highest BCUT2D eigenvalue weighted by Gasteiger charge is 2.38. The monoisotopic (exact) mass is 531 g/mol. The summed E-state index contributed by atoms with van der Waals surface area (Å²) in [6.07, 6.45) is 0. The zero-order valence-corrected chi connectivity index (χ0v) is 25.1. The van der Waals surface area contributed by atoms with Gasteiger partial charge in [0.05, 0.1) is 11.4 Å². The van der Waals surface area contributed by atoms with Crippen molar-refractivity contribution in [3.05, 3.63) is 86.9 Å². The van der Waals surface area contributed by atoms with Crippen LogP contribution < -0.4 is 4.90 Å². The molecule has 0 fully saturated rings. The van der Waals surface area contributed by atoms with E-state index >= 15 is 0 Å². The van der Waals surface area contributed by atoms with Gasteiger partial charge in [-0.3, -0.25) is 0 Å². The van der Waals surface area contributed by atoms with Crippen molar-refractivity contribution in [3.8, 4) is 0 Å². The summed E-state index contributed by atoms with van der Waals surface area (Å²) in [4.78, 5) is 2.48. The van der Waals surface area contributed by atoms with E-state index in [-0.39, 0.29) is 21.7 Å². The van der Waals surface area contributed by atoms with Crippen molar-refractivity contribution in [2.45, 2.75) is 97.8 Å². The van der Waals surface area contributed by atoms with Crippen LogP contribution in [0.15, 0.2) is 59.1 Å². The first-order valence-electron chi connectivity index (χ1n) is 12.8. The molecule has 1 heterocycles. The van der Waals surface area contributed by atoms with E-state index in [4.69, 9.17) is 0 Å². The van der Waals surface area contributed by atoms with E-state index in [1.54, 1.807) is 0 Å². The molecule has 1 nitrogen and oxygen atoms in total. The third kappa shape index (κ3) is 4.71. The molecule has 0 saturated carbocycles. The molecule has 0 atom stereocenters. The summed E-state index contributed by atoms with van der Waals surface area (Å²) in [6.45, 7) is 25.5. The van der Waals surface area contributed by atoms with Gasteiger partial charge in [0, 0.05) is 15.6 Å². The lowest BCUT2D eigenvalue weighted by Crippen LogP contribution is -2.32. The predicted molar refractivity (Wildman–Crippen MR) is 157 cm³/mol. The Bertz CT molecular complexity index is 1210. The first-order chi connectivity index (χ1) is 15.9. The zero-order valence-electron chi connectivity index (χ0n) is 23.5. The van der Waals surface area contributed by atoms with Crippen LogP contribution in [0.3, 0.4) is 0 Å². The first kappa shape index (κ1) is 26.0. The lowest BCUT2D eigenvalue weighted by atomic mass is 9.70. The average Bonchev–Trinajstić information content (AvgIpc) is 2.71. The largest absolute Gasteiger partial charge is 0.310 e. The van der Waals surface area contributed by atoms with E-state index in [0.29, 0.717) is 0 Å². The summed E-state index contributed by atoms with van der Waals surface area (Å²) >= 11 is 3.82. The molecule has 0 spiro atoms. The van der Waals surface area contributed by atoms with E-state index in [1.165, 1.54) is 44.9 Å². The molecule has 1 aliphatic rings. The quantitative estimate of drug-likeness (QED) is 0.301. The SMILES string of the molecule is CC(C)(C)c1cc(Br)cc(N2c3ccc(C(C)(C)C)cc3C(C)(C)c3cc(C(C)(C)C)ccc32)c1. The molecule has 0 aromatic heterocycles. The minimum absolute atomic E-state index is 0.0609. The fourth-order valence-electron chi connectivity index (χ4n) is 5.09. The molecule has 0 unspecified atom stereocenters. The van der Waals surface area contributed by atoms with E-state index in [2.05, 4.69) is 152 Å². The molecule has 0 N–H and O–H groups in total. The molecule has 35 heavy (non-hydrogen) atoms. The lowest BCUT2D eigenvalue weighted by Gasteiger charge is -2.43. The van der Waals surface area contributed by atoms with Gasteiger partial charge in [-0.25, -0.2) is 0 Å². The summed E-state index contributed by atoms with van der Waals surface area (Å²) in [5.74, 6) is 0. The van der Waals surface area contributed by atoms with Crippen LogP contribution in [0.2, 0.25) is 0 Å². The second-order valence-corrected chi connectivity index (χ2v) is 14.8. The number of nitrogens with zero attached hydrogens (tertiary/aromatic N) is 1. The molecular formula is C33H42BrN. The molecule has 0 bridgehead atoms. The van der Waals surface area contributed by atoms with E-state index in [9.17, 15) is 0 Å². The van der Waals surface area contributed by atoms with Gasteiger partial charge in [-0.1, -0.05) is 116 Å². The minimum Gasteiger partial charge on any atom is -0.310 e. The third-order valence-electron chi connectivity index (χ3n) is 7.56. The fourth-order valence-corrected chi connectivity index (χ4v) is 5.57. The summed E-state index contributed by atoms with van der Waals surface area (Å²) in [5.41, 5.74) is 10.8. The number of anilines is 3. The maximum atomic E-state index is 3.82. The van der Waals surface area contributed by atoms with Crippen molar-refractivity contribution < 1.29 is 0 Å². The summed E-state index contributed by atoms with van der Waals surface area (Å²) in [5, 5.41) is 0. The number of hydrogen-bond donors (Lipinski definition) is 0. The number of rotatable bonds is 1. The van der Waals surface area contributed by atoms with Gasteiger partial charge in [-0.2, -0.15) is 0 Å². The van der Waals surface area contributed by atoms with Crippen LogP contribution in [-0.4, -0.2) is 0 Å². The lowest BCUT2D eigenvalue weighted by molar-refractivity contribution is 0.573. The Morgan fingerprint density at radius 2 is 1.00 bits per heavy atom. The van der Waals surface area contributed by atoms with Gasteiger partial charge in [0.15, 0.2) is 0 Å². The first-order valence-corrected chi connectivity index (χ1v) is 13.6. The average molecular weight is 533 g/mol. The maximum Gasteiger partial charge on any atom is 0.0502 e. The van der Waals surface area contributed by atoms with E-state index in [1.807, 2.05) is 0 Å². The second kappa shape index (κ2) is 8.23. The summed E-state index contributed by atoms with van der Waals surface area (Å²) in [6, 6.07) is 21.1. The molecule has 0 aliphatic carbocycles. The van der Waals surface area contributed by atoms with Gasteiger partial charge >= 0.3 is 0 Å². The zero-order chi connectivity index (χ0) is 26.1. The van der Waals surface area contributed by atoms with Crippen LogP contribution in [0.5, 0.6) is 0 Å². The molecule has 3 aromatic rings.